The summed E-state index contributed by atoms with van der Waals surface area (Å²) in [6.07, 6.45) is 3.14. The first kappa shape index (κ1) is 24.9. The van der Waals surface area contributed by atoms with Gasteiger partial charge in [0.05, 0.1) is 12.9 Å². The molecule has 0 aliphatic heterocycles. The molecule has 11 nitrogen and oxygen atoms in total. The van der Waals surface area contributed by atoms with Crippen LogP contribution in [0.3, 0.4) is 0 Å². The number of thiol groups is 1. The maximum absolute atomic E-state index is 13.0. The molecule has 0 spiro atoms. The van der Waals surface area contributed by atoms with Crippen molar-refractivity contribution in [1.29, 1.82) is 0 Å². The van der Waals surface area contributed by atoms with Crippen LogP contribution >= 0.6 is 12.6 Å². The summed E-state index contributed by atoms with van der Waals surface area (Å²) in [5.74, 6) is -3.23. The minimum Gasteiger partial charge on any atom is -0.480 e. The minimum atomic E-state index is -1.24. The molecule has 2 rings (SSSR count). The van der Waals surface area contributed by atoms with Crippen LogP contribution in [0.2, 0.25) is 0 Å². The zero-order valence-corrected chi connectivity index (χ0v) is 18.0. The molecule has 0 aliphatic carbocycles. The molecule has 0 fully saturated rings. The van der Waals surface area contributed by atoms with E-state index in [-0.39, 0.29) is 25.1 Å². The number of nitrogens with zero attached hydrogens (tertiary/aromatic N) is 1. The molecule has 0 aliphatic rings. The summed E-state index contributed by atoms with van der Waals surface area (Å²) < 4.78 is 0. The number of hydrogen-bond acceptors (Lipinski definition) is 7. The molecule has 3 unspecified atom stereocenters. The number of aliphatic carboxylic acids is 1. The van der Waals surface area contributed by atoms with Crippen molar-refractivity contribution in [3.8, 4) is 0 Å². The van der Waals surface area contributed by atoms with E-state index < -0.39 is 41.8 Å². The number of carbonyl (C=O) groups is 4. The van der Waals surface area contributed by atoms with Crippen molar-refractivity contribution in [1.82, 2.24) is 25.9 Å². The number of H-pyrrole nitrogens is 1. The quantitative estimate of drug-likeness (QED) is 0.190. The highest BCUT2D eigenvalue weighted by Crippen LogP contribution is 2.06. The van der Waals surface area contributed by atoms with Crippen LogP contribution < -0.4 is 21.7 Å². The van der Waals surface area contributed by atoms with Crippen molar-refractivity contribution < 1.29 is 24.3 Å². The molecular weight excluding hydrogens is 436 g/mol. The minimum absolute atomic E-state index is 0.0889. The summed E-state index contributed by atoms with van der Waals surface area (Å²) in [6.45, 7) is -0.317. The predicted molar refractivity (Wildman–Crippen MR) is 119 cm³/mol. The van der Waals surface area contributed by atoms with Gasteiger partial charge in [-0.05, 0) is 5.56 Å². The molecule has 3 atom stereocenters. The van der Waals surface area contributed by atoms with Gasteiger partial charge >= 0.3 is 5.97 Å². The van der Waals surface area contributed by atoms with E-state index in [0.717, 1.165) is 5.56 Å². The fourth-order valence-corrected chi connectivity index (χ4v) is 3.12. The molecule has 3 amide bonds. The van der Waals surface area contributed by atoms with E-state index in [0.29, 0.717) is 5.69 Å². The molecule has 0 saturated heterocycles. The Hall–Kier alpha value is -3.38. The van der Waals surface area contributed by atoms with Crippen LogP contribution in [0.1, 0.15) is 11.3 Å². The third-order valence-electron chi connectivity index (χ3n) is 4.53. The van der Waals surface area contributed by atoms with Crippen LogP contribution in [-0.4, -0.2) is 69.2 Å². The molecular formula is C20H26N6O5S. The smallest absolute Gasteiger partial charge is 0.327 e. The molecule has 172 valence electrons. The van der Waals surface area contributed by atoms with E-state index in [1.165, 1.54) is 12.5 Å². The van der Waals surface area contributed by atoms with E-state index in [4.69, 9.17) is 5.73 Å². The highest BCUT2D eigenvalue weighted by molar-refractivity contribution is 7.80. The number of imidazole rings is 1. The van der Waals surface area contributed by atoms with Crippen molar-refractivity contribution in [3.05, 3.63) is 54.1 Å². The van der Waals surface area contributed by atoms with Gasteiger partial charge in [0.15, 0.2) is 0 Å². The maximum Gasteiger partial charge on any atom is 0.327 e. The third-order valence-corrected chi connectivity index (χ3v) is 4.89. The lowest BCUT2D eigenvalue weighted by molar-refractivity contribution is -0.141. The molecule has 1 aromatic heterocycles. The van der Waals surface area contributed by atoms with Crippen LogP contribution in [0.4, 0.5) is 0 Å². The Labute approximate surface area is 190 Å². The average molecular weight is 463 g/mol. The number of nitrogens with two attached hydrogens (primary N) is 1. The van der Waals surface area contributed by atoms with Gasteiger partial charge in [0.1, 0.15) is 18.1 Å². The predicted octanol–water partition coefficient (Wildman–Crippen LogP) is -1.38. The standard InChI is InChI=1S/C20H26N6O5S/c21-8-17(27)24-15(7-13-9-22-11-23-13)19(29)25-14(6-12-4-2-1-3-5-12)18(28)26-16(10-32)20(30)31/h1-5,9,11,14-16,32H,6-8,10,21H2,(H,22,23)(H,24,27)(H,25,29)(H,26,28)(H,30,31). The molecule has 2 aromatic rings. The molecule has 32 heavy (non-hydrogen) atoms. The normalized spacial score (nSPS) is 13.4. The van der Waals surface area contributed by atoms with Crippen LogP contribution in [0.25, 0.3) is 0 Å². The second kappa shape index (κ2) is 12.5. The first-order chi connectivity index (χ1) is 15.3. The number of aromatic nitrogens is 2. The Morgan fingerprint density at radius 2 is 1.62 bits per heavy atom. The number of carboxylic acids is 1. The van der Waals surface area contributed by atoms with E-state index in [2.05, 4.69) is 38.5 Å². The van der Waals surface area contributed by atoms with Crippen molar-refractivity contribution in [2.45, 2.75) is 31.0 Å². The fraction of sp³-hybridized carbons (Fsp3) is 0.350. The van der Waals surface area contributed by atoms with Crippen molar-refractivity contribution in [3.63, 3.8) is 0 Å². The first-order valence-electron chi connectivity index (χ1n) is 9.79. The zero-order valence-electron chi connectivity index (χ0n) is 17.2. The van der Waals surface area contributed by atoms with Crippen LogP contribution in [-0.2, 0) is 32.0 Å². The SMILES string of the molecule is NCC(=O)NC(Cc1cnc[nH]1)C(=O)NC(Cc1ccccc1)C(=O)NC(CS)C(=O)O. The van der Waals surface area contributed by atoms with Gasteiger partial charge in [-0.3, -0.25) is 14.4 Å². The summed E-state index contributed by atoms with van der Waals surface area (Å²) in [7, 11) is 0. The number of hydrogen-bond donors (Lipinski definition) is 7. The summed E-state index contributed by atoms with van der Waals surface area (Å²) >= 11 is 3.95. The van der Waals surface area contributed by atoms with Gasteiger partial charge in [-0.2, -0.15) is 12.6 Å². The lowest BCUT2D eigenvalue weighted by Crippen LogP contribution is -2.57. The molecule has 0 radical (unpaired) electrons. The Bertz CT molecular complexity index is 908. The fourth-order valence-electron chi connectivity index (χ4n) is 2.87. The molecule has 7 N–H and O–H groups in total. The van der Waals surface area contributed by atoms with Gasteiger partial charge in [0, 0.05) is 30.5 Å². The Balaban J connectivity index is 2.21. The second-order valence-electron chi connectivity index (χ2n) is 6.94. The number of amides is 3. The number of rotatable bonds is 12. The largest absolute Gasteiger partial charge is 0.480 e. The second-order valence-corrected chi connectivity index (χ2v) is 7.30. The maximum atomic E-state index is 13.0. The molecule has 12 heteroatoms. The van der Waals surface area contributed by atoms with Gasteiger partial charge in [0.2, 0.25) is 17.7 Å². The van der Waals surface area contributed by atoms with Gasteiger partial charge < -0.3 is 31.8 Å². The molecule has 0 saturated carbocycles. The van der Waals surface area contributed by atoms with E-state index in [9.17, 15) is 24.3 Å². The number of carbonyl (C=O) groups excluding carboxylic acids is 3. The zero-order chi connectivity index (χ0) is 23.5. The highest BCUT2D eigenvalue weighted by atomic mass is 32.1. The van der Waals surface area contributed by atoms with E-state index >= 15 is 0 Å². The molecule has 1 heterocycles. The van der Waals surface area contributed by atoms with Gasteiger partial charge in [-0.1, -0.05) is 30.3 Å². The average Bonchev–Trinajstić information content (AvgIpc) is 3.29. The Morgan fingerprint density at radius 3 is 2.16 bits per heavy atom. The number of nitrogens with one attached hydrogen (secondary N) is 4. The monoisotopic (exact) mass is 462 g/mol. The van der Waals surface area contributed by atoms with Crippen molar-refractivity contribution in [2.24, 2.45) is 5.73 Å². The summed E-state index contributed by atoms with van der Waals surface area (Å²) in [5, 5.41) is 16.7. The van der Waals surface area contributed by atoms with Crippen molar-refractivity contribution in [2.75, 3.05) is 12.3 Å². The topological polar surface area (TPSA) is 179 Å². The molecule has 0 bridgehead atoms. The van der Waals surface area contributed by atoms with Crippen molar-refractivity contribution >= 4 is 36.3 Å². The van der Waals surface area contributed by atoms with Crippen LogP contribution in [0.5, 0.6) is 0 Å². The van der Waals surface area contributed by atoms with Gasteiger partial charge in [0.25, 0.3) is 0 Å². The summed E-state index contributed by atoms with van der Waals surface area (Å²) in [5.41, 5.74) is 6.70. The lowest BCUT2D eigenvalue weighted by atomic mass is 10.0. The Morgan fingerprint density at radius 1 is 1.00 bits per heavy atom. The summed E-state index contributed by atoms with van der Waals surface area (Å²) in [6, 6.07) is 5.57. The Kier molecular flexibility index (Phi) is 9.70. The van der Waals surface area contributed by atoms with Crippen LogP contribution in [0, 0.1) is 0 Å². The lowest BCUT2D eigenvalue weighted by Gasteiger charge is -2.24. The third kappa shape index (κ3) is 7.71. The number of benzene rings is 1. The number of aromatic amines is 1. The summed E-state index contributed by atoms with van der Waals surface area (Å²) in [4.78, 5) is 55.7. The van der Waals surface area contributed by atoms with Gasteiger partial charge in [-0.25, -0.2) is 9.78 Å². The van der Waals surface area contributed by atoms with E-state index in [1.807, 2.05) is 0 Å². The highest BCUT2D eigenvalue weighted by Gasteiger charge is 2.29. The molecule has 1 aromatic carbocycles. The van der Waals surface area contributed by atoms with Gasteiger partial charge in [-0.15, -0.1) is 0 Å². The first-order valence-corrected chi connectivity index (χ1v) is 10.4. The number of carboxylic acid groups (broad SMARTS) is 1. The van der Waals surface area contributed by atoms with E-state index in [1.54, 1.807) is 30.3 Å². The van der Waals surface area contributed by atoms with Crippen LogP contribution in [0.15, 0.2) is 42.9 Å².